The van der Waals surface area contributed by atoms with Crippen molar-refractivity contribution in [3.8, 4) is 22.9 Å². The first-order valence-electron chi connectivity index (χ1n) is 16.0. The normalized spacial score (nSPS) is 11.3. The maximum absolute atomic E-state index is 10.3. The van der Waals surface area contributed by atoms with E-state index in [1.54, 1.807) is 0 Å². The number of benzene rings is 7. The highest BCUT2D eigenvalue weighted by atomic mass is 28.3. The first kappa shape index (κ1) is 29.0. The van der Waals surface area contributed by atoms with Gasteiger partial charge in [0.05, 0.1) is 34.9 Å². The van der Waals surface area contributed by atoms with Crippen molar-refractivity contribution in [2.24, 2.45) is 0 Å². The molecule has 0 saturated carbocycles. The van der Waals surface area contributed by atoms with E-state index in [0.717, 1.165) is 43.8 Å². The maximum Gasteiger partial charge on any atom is 0.211 e. The second-order valence-corrected chi connectivity index (χ2v) is 15.6. The van der Waals surface area contributed by atoms with E-state index in [1.165, 1.54) is 15.6 Å². The summed E-state index contributed by atoms with van der Waals surface area (Å²) in [6.07, 6.45) is 0. The van der Waals surface area contributed by atoms with Crippen LogP contribution < -0.4 is 20.7 Å². The molecule has 3 nitrogen and oxygen atoms in total. The summed E-state index contributed by atoms with van der Waals surface area (Å²) in [5, 5.41) is 17.5. The molecule has 1 aromatic heterocycles. The fraction of sp³-hybridized carbons (Fsp3) is 0. The van der Waals surface area contributed by atoms with Crippen LogP contribution >= 0.6 is 0 Å². The summed E-state index contributed by atoms with van der Waals surface area (Å²) >= 11 is 0. The molecule has 0 spiro atoms. The number of rotatable bonds is 6. The molecule has 8 aromatic rings. The van der Waals surface area contributed by atoms with Crippen LogP contribution in [0.3, 0.4) is 0 Å². The summed E-state index contributed by atoms with van der Waals surface area (Å²) in [6.45, 7) is 8.39. The van der Waals surface area contributed by atoms with Crippen molar-refractivity contribution in [2.75, 3.05) is 0 Å². The second kappa shape index (κ2) is 12.0. The van der Waals surface area contributed by atoms with E-state index >= 15 is 0 Å². The lowest BCUT2D eigenvalue weighted by atomic mass is 10.00. The Labute approximate surface area is 281 Å². The average Bonchev–Trinajstić information content (AvgIpc) is 3.50. The molecule has 224 valence electrons. The van der Waals surface area contributed by atoms with Crippen molar-refractivity contribution < 1.29 is 0 Å². The first-order valence-corrected chi connectivity index (χ1v) is 18.0. The van der Waals surface area contributed by atoms with Gasteiger partial charge in [0.2, 0.25) is 5.69 Å². The molecular weight excluding hydrogens is 599 g/mol. The van der Waals surface area contributed by atoms with Crippen LogP contribution in [0.15, 0.2) is 176 Å². The van der Waals surface area contributed by atoms with Crippen molar-refractivity contribution in [3.63, 3.8) is 0 Å². The molecule has 0 radical (unpaired) electrons. The third kappa shape index (κ3) is 4.48. The van der Waals surface area contributed by atoms with Gasteiger partial charge in [-0.3, -0.25) is 0 Å². The van der Waals surface area contributed by atoms with E-state index in [4.69, 9.17) is 6.57 Å². The quantitative estimate of drug-likeness (QED) is 0.104. The molecule has 7 aromatic carbocycles. The largest absolute Gasteiger partial charge is 0.318 e. The highest BCUT2D eigenvalue weighted by Gasteiger charge is 2.43. The molecule has 0 aliphatic rings. The van der Waals surface area contributed by atoms with Crippen LogP contribution in [0.25, 0.3) is 43.5 Å². The first-order chi connectivity index (χ1) is 23.8. The summed E-state index contributed by atoms with van der Waals surface area (Å²) in [6, 6.07) is 63.8. The van der Waals surface area contributed by atoms with Crippen molar-refractivity contribution in [1.29, 1.82) is 5.26 Å². The van der Waals surface area contributed by atoms with Gasteiger partial charge >= 0.3 is 0 Å². The maximum atomic E-state index is 10.3. The van der Waals surface area contributed by atoms with Crippen molar-refractivity contribution in [3.05, 3.63) is 193 Å². The van der Waals surface area contributed by atoms with E-state index in [0.29, 0.717) is 11.3 Å². The van der Waals surface area contributed by atoms with Gasteiger partial charge in [-0.1, -0.05) is 152 Å². The highest BCUT2D eigenvalue weighted by Crippen LogP contribution is 2.41. The molecule has 0 bridgehead atoms. The van der Waals surface area contributed by atoms with Crippen LogP contribution in [0.1, 0.15) is 5.56 Å². The van der Waals surface area contributed by atoms with Crippen LogP contribution in [0.5, 0.6) is 0 Å². The zero-order chi connectivity index (χ0) is 32.5. The zero-order valence-corrected chi connectivity index (χ0v) is 27.1. The summed E-state index contributed by atoms with van der Waals surface area (Å²) in [7, 11) is -3.00. The topological polar surface area (TPSA) is 33.1 Å². The third-order valence-corrected chi connectivity index (χ3v) is 14.2. The van der Waals surface area contributed by atoms with Gasteiger partial charge in [0.15, 0.2) is 8.07 Å². The van der Waals surface area contributed by atoms with Gasteiger partial charge in [0, 0.05) is 10.8 Å². The molecule has 0 N–H and O–H groups in total. The van der Waals surface area contributed by atoms with Gasteiger partial charge in [-0.15, -0.1) is 0 Å². The molecule has 0 aliphatic heterocycles. The predicted molar refractivity (Wildman–Crippen MR) is 201 cm³/mol. The minimum Gasteiger partial charge on any atom is -0.318 e. The highest BCUT2D eigenvalue weighted by molar-refractivity contribution is 7.20. The fourth-order valence-corrected chi connectivity index (χ4v) is 12.4. The van der Waals surface area contributed by atoms with Crippen molar-refractivity contribution in [2.45, 2.75) is 0 Å². The van der Waals surface area contributed by atoms with Gasteiger partial charge in [-0.25, -0.2) is 4.85 Å². The number of nitrogens with zero attached hydrogens (tertiary/aromatic N) is 3. The van der Waals surface area contributed by atoms with E-state index in [9.17, 15) is 5.26 Å². The summed E-state index contributed by atoms with van der Waals surface area (Å²) in [5.41, 5.74) is 5.89. The lowest BCUT2D eigenvalue weighted by molar-refractivity contribution is 1.19. The molecular formula is C44H29N3Si. The molecule has 0 saturated heterocycles. The summed E-state index contributed by atoms with van der Waals surface area (Å²) in [5.74, 6) is 0. The molecule has 0 unspecified atom stereocenters. The van der Waals surface area contributed by atoms with E-state index in [1.807, 2.05) is 24.3 Å². The van der Waals surface area contributed by atoms with Crippen LogP contribution in [0.2, 0.25) is 0 Å². The Bertz CT molecular complexity index is 2370. The number of nitriles is 1. The Morgan fingerprint density at radius 1 is 0.521 bits per heavy atom. The number of hydrogen-bond donors (Lipinski definition) is 0. The average molecular weight is 628 g/mol. The fourth-order valence-electron chi connectivity index (χ4n) is 7.43. The smallest absolute Gasteiger partial charge is 0.211 e. The Kier molecular flexibility index (Phi) is 7.27. The lowest BCUT2D eigenvalue weighted by Crippen LogP contribution is -2.75. The molecule has 0 amide bonds. The molecule has 48 heavy (non-hydrogen) atoms. The lowest BCUT2D eigenvalue weighted by Gasteiger charge is -2.36. The Balaban J connectivity index is 1.56. The van der Waals surface area contributed by atoms with Crippen molar-refractivity contribution in [1.82, 2.24) is 4.57 Å². The third-order valence-electron chi connectivity index (χ3n) is 9.40. The van der Waals surface area contributed by atoms with Gasteiger partial charge in [0.1, 0.15) is 0 Å². The molecule has 0 fully saturated rings. The van der Waals surface area contributed by atoms with E-state index in [-0.39, 0.29) is 0 Å². The van der Waals surface area contributed by atoms with Gasteiger partial charge in [-0.2, -0.15) is 5.26 Å². The minimum atomic E-state index is -3.00. The van der Waals surface area contributed by atoms with Crippen LogP contribution in [0.4, 0.5) is 5.69 Å². The summed E-state index contributed by atoms with van der Waals surface area (Å²) in [4.78, 5) is 4.11. The monoisotopic (exact) mass is 627 g/mol. The molecule has 0 aliphatic carbocycles. The second-order valence-electron chi connectivity index (χ2n) is 11.9. The SMILES string of the molecule is [C-]#[N+]c1cccc(-c2cc(C#N)ccc2[Si](c2ccccc2)(c2ccccc2)c2ccccc2)c1-n1c2ccccc2c2ccccc21. The minimum absolute atomic E-state index is 0.554. The van der Waals surface area contributed by atoms with Crippen LogP contribution in [-0.2, 0) is 0 Å². The number of aromatic nitrogens is 1. The van der Waals surface area contributed by atoms with Gasteiger partial charge in [0.25, 0.3) is 0 Å². The number of fused-ring (bicyclic) bond motifs is 3. The summed E-state index contributed by atoms with van der Waals surface area (Å²) < 4.78 is 2.24. The molecule has 8 rings (SSSR count). The van der Waals surface area contributed by atoms with Crippen LogP contribution in [-0.4, -0.2) is 12.6 Å². The van der Waals surface area contributed by atoms with Crippen molar-refractivity contribution >= 4 is 56.3 Å². The molecule has 0 atom stereocenters. The number of hydrogen-bond acceptors (Lipinski definition) is 1. The Hall–Kier alpha value is -6.46. The zero-order valence-electron chi connectivity index (χ0n) is 26.1. The van der Waals surface area contributed by atoms with Gasteiger partial charge in [-0.05, 0) is 56.1 Å². The predicted octanol–water partition coefficient (Wildman–Crippen LogP) is 8.25. The molecule has 1 heterocycles. The Morgan fingerprint density at radius 3 is 1.52 bits per heavy atom. The Morgan fingerprint density at radius 2 is 1.02 bits per heavy atom. The van der Waals surface area contributed by atoms with E-state index < -0.39 is 8.07 Å². The molecule has 4 heteroatoms. The van der Waals surface area contributed by atoms with Gasteiger partial charge < -0.3 is 4.57 Å². The standard InChI is InChI=1S/C44H29N3Si/c1-46-40-25-15-24-38(44(40)47-41-26-13-11-22-36(41)37-23-12-14-27-42(37)47)39-30-32(31-45)28-29-43(39)48(33-16-5-2-6-17-33,34-18-7-3-8-19-34)35-20-9-4-10-21-35/h2-30H. The van der Waals surface area contributed by atoms with E-state index in [2.05, 4.69) is 167 Å². The number of para-hydroxylation sites is 3. The van der Waals surface area contributed by atoms with Crippen LogP contribution in [0, 0.1) is 17.9 Å².